The van der Waals surface area contributed by atoms with E-state index in [2.05, 4.69) is 20.7 Å². The number of aromatic nitrogens is 3. The molecule has 0 fully saturated rings. The molecular formula is C16H21N5O2. The van der Waals surface area contributed by atoms with Gasteiger partial charge in [0.15, 0.2) is 5.82 Å². The van der Waals surface area contributed by atoms with Crippen molar-refractivity contribution in [1.82, 2.24) is 20.1 Å². The maximum Gasteiger partial charge on any atom is 0.226 e. The van der Waals surface area contributed by atoms with Gasteiger partial charge < -0.3 is 10.6 Å². The molecule has 7 heteroatoms. The first kappa shape index (κ1) is 16.7. The van der Waals surface area contributed by atoms with Crippen molar-refractivity contribution in [3.63, 3.8) is 0 Å². The summed E-state index contributed by atoms with van der Waals surface area (Å²) in [6.07, 6.45) is 6.46. The van der Waals surface area contributed by atoms with Crippen LogP contribution in [0, 0.1) is 0 Å². The lowest BCUT2D eigenvalue weighted by molar-refractivity contribution is -0.124. The van der Waals surface area contributed by atoms with Gasteiger partial charge in [0.2, 0.25) is 11.8 Å². The quantitative estimate of drug-likeness (QED) is 0.774. The van der Waals surface area contributed by atoms with Gasteiger partial charge in [0.25, 0.3) is 0 Å². The molecule has 0 saturated heterocycles. The first-order chi connectivity index (χ1) is 11.2. The highest BCUT2D eigenvalue weighted by molar-refractivity contribution is 5.92. The van der Waals surface area contributed by atoms with E-state index in [0.29, 0.717) is 18.9 Å². The van der Waals surface area contributed by atoms with Crippen LogP contribution in [0.4, 0.5) is 5.82 Å². The number of amides is 2. The highest BCUT2D eigenvalue weighted by Crippen LogP contribution is 2.06. The van der Waals surface area contributed by atoms with Crippen LogP contribution in [0.3, 0.4) is 0 Å². The van der Waals surface area contributed by atoms with Gasteiger partial charge in [-0.2, -0.15) is 5.10 Å². The molecule has 23 heavy (non-hydrogen) atoms. The fourth-order valence-electron chi connectivity index (χ4n) is 1.98. The SMILES string of the molecule is CCCNC(=O)CCC(=O)Nc1ccn(Cc2ccncc2)n1. The van der Waals surface area contributed by atoms with Crippen LogP contribution < -0.4 is 10.6 Å². The lowest BCUT2D eigenvalue weighted by Gasteiger charge is -2.04. The maximum atomic E-state index is 11.8. The third kappa shape index (κ3) is 5.90. The standard InChI is InChI=1S/C16H21N5O2/c1-2-8-18-15(22)3-4-16(23)19-14-7-11-21(20-14)12-13-5-9-17-10-6-13/h5-7,9-11H,2-4,8,12H2,1H3,(H,18,22)(H,19,20,23). The summed E-state index contributed by atoms with van der Waals surface area (Å²) in [4.78, 5) is 27.2. The predicted molar refractivity (Wildman–Crippen MR) is 86.7 cm³/mol. The molecule has 0 aliphatic heterocycles. The molecule has 0 unspecified atom stereocenters. The summed E-state index contributed by atoms with van der Waals surface area (Å²) < 4.78 is 1.74. The number of carbonyl (C=O) groups excluding carboxylic acids is 2. The van der Waals surface area contributed by atoms with E-state index in [0.717, 1.165) is 12.0 Å². The second kappa shape index (κ2) is 8.67. The lowest BCUT2D eigenvalue weighted by Crippen LogP contribution is -2.25. The van der Waals surface area contributed by atoms with Crippen molar-refractivity contribution in [3.8, 4) is 0 Å². The zero-order valence-corrected chi connectivity index (χ0v) is 13.2. The van der Waals surface area contributed by atoms with Gasteiger partial charge in [-0.05, 0) is 24.1 Å². The molecule has 2 aromatic heterocycles. The van der Waals surface area contributed by atoms with E-state index in [1.165, 1.54) is 0 Å². The molecule has 0 bridgehead atoms. The number of nitrogens with zero attached hydrogens (tertiary/aromatic N) is 3. The van der Waals surface area contributed by atoms with Crippen molar-refractivity contribution in [2.45, 2.75) is 32.7 Å². The van der Waals surface area contributed by atoms with Crippen molar-refractivity contribution in [2.24, 2.45) is 0 Å². The number of carbonyl (C=O) groups is 2. The van der Waals surface area contributed by atoms with Crippen LogP contribution in [-0.2, 0) is 16.1 Å². The van der Waals surface area contributed by atoms with Crippen molar-refractivity contribution in [2.75, 3.05) is 11.9 Å². The van der Waals surface area contributed by atoms with E-state index in [4.69, 9.17) is 0 Å². The largest absolute Gasteiger partial charge is 0.356 e. The molecule has 2 heterocycles. The van der Waals surface area contributed by atoms with E-state index in [1.54, 1.807) is 29.3 Å². The fourth-order valence-corrected chi connectivity index (χ4v) is 1.98. The summed E-state index contributed by atoms with van der Waals surface area (Å²) in [6.45, 7) is 3.23. The Bertz CT molecular complexity index is 639. The third-order valence-corrected chi connectivity index (χ3v) is 3.15. The highest BCUT2D eigenvalue weighted by atomic mass is 16.2. The minimum absolute atomic E-state index is 0.106. The molecule has 0 aliphatic carbocycles. The Morgan fingerprint density at radius 1 is 1.13 bits per heavy atom. The number of rotatable bonds is 8. The van der Waals surface area contributed by atoms with Gasteiger partial charge in [-0.1, -0.05) is 6.92 Å². The number of hydrogen-bond acceptors (Lipinski definition) is 4. The van der Waals surface area contributed by atoms with Crippen LogP contribution in [0.5, 0.6) is 0 Å². The van der Waals surface area contributed by atoms with Crippen molar-refractivity contribution < 1.29 is 9.59 Å². The Labute approximate surface area is 135 Å². The topological polar surface area (TPSA) is 88.9 Å². The van der Waals surface area contributed by atoms with E-state index in [9.17, 15) is 9.59 Å². The number of nitrogens with one attached hydrogen (secondary N) is 2. The molecule has 2 rings (SSSR count). The van der Waals surface area contributed by atoms with Crippen LogP contribution in [0.15, 0.2) is 36.8 Å². The molecule has 0 radical (unpaired) electrons. The smallest absolute Gasteiger partial charge is 0.226 e. The van der Waals surface area contributed by atoms with Crippen LogP contribution >= 0.6 is 0 Å². The molecule has 2 amide bonds. The minimum Gasteiger partial charge on any atom is -0.356 e. The average Bonchev–Trinajstić information content (AvgIpc) is 2.98. The van der Waals surface area contributed by atoms with E-state index in [1.807, 2.05) is 19.1 Å². The summed E-state index contributed by atoms with van der Waals surface area (Å²) >= 11 is 0. The van der Waals surface area contributed by atoms with Gasteiger partial charge in [-0.15, -0.1) is 0 Å². The number of anilines is 1. The second-order valence-corrected chi connectivity index (χ2v) is 5.15. The molecule has 0 aromatic carbocycles. The number of pyridine rings is 1. The molecule has 0 saturated carbocycles. The molecular weight excluding hydrogens is 294 g/mol. The Morgan fingerprint density at radius 2 is 1.87 bits per heavy atom. The Kier molecular flexibility index (Phi) is 6.28. The molecule has 2 N–H and O–H groups in total. The van der Waals surface area contributed by atoms with Gasteiger partial charge in [-0.25, -0.2) is 0 Å². The Balaban J connectivity index is 1.77. The second-order valence-electron chi connectivity index (χ2n) is 5.15. The zero-order valence-electron chi connectivity index (χ0n) is 13.2. The van der Waals surface area contributed by atoms with Crippen LogP contribution in [0.2, 0.25) is 0 Å². The van der Waals surface area contributed by atoms with Gasteiger partial charge in [-0.3, -0.25) is 19.3 Å². The van der Waals surface area contributed by atoms with Gasteiger partial charge in [0.05, 0.1) is 6.54 Å². The molecule has 0 atom stereocenters. The van der Waals surface area contributed by atoms with Crippen molar-refractivity contribution in [3.05, 3.63) is 42.4 Å². The lowest BCUT2D eigenvalue weighted by atomic mass is 10.2. The average molecular weight is 315 g/mol. The normalized spacial score (nSPS) is 10.3. The first-order valence-electron chi connectivity index (χ1n) is 7.66. The molecule has 7 nitrogen and oxygen atoms in total. The van der Waals surface area contributed by atoms with Gasteiger partial charge in [0.1, 0.15) is 0 Å². The van der Waals surface area contributed by atoms with Crippen LogP contribution in [0.1, 0.15) is 31.7 Å². The highest BCUT2D eigenvalue weighted by Gasteiger charge is 2.08. The van der Waals surface area contributed by atoms with E-state index < -0.39 is 0 Å². The molecule has 122 valence electrons. The number of hydrogen-bond donors (Lipinski definition) is 2. The zero-order chi connectivity index (χ0) is 16.5. The monoisotopic (exact) mass is 315 g/mol. The third-order valence-electron chi connectivity index (χ3n) is 3.15. The predicted octanol–water partition coefficient (Wildman–Crippen LogP) is 1.57. The summed E-state index contributed by atoms with van der Waals surface area (Å²) in [7, 11) is 0. The summed E-state index contributed by atoms with van der Waals surface area (Å²) in [5, 5.41) is 9.72. The molecule has 0 spiro atoms. The Hall–Kier alpha value is -2.70. The Morgan fingerprint density at radius 3 is 2.61 bits per heavy atom. The summed E-state index contributed by atoms with van der Waals surface area (Å²) in [5.41, 5.74) is 1.08. The maximum absolute atomic E-state index is 11.8. The fraction of sp³-hybridized carbons (Fsp3) is 0.375. The van der Waals surface area contributed by atoms with Gasteiger partial charge in [0, 0.05) is 44.0 Å². The van der Waals surface area contributed by atoms with Crippen LogP contribution in [-0.4, -0.2) is 33.1 Å². The van der Waals surface area contributed by atoms with Crippen molar-refractivity contribution in [1.29, 1.82) is 0 Å². The van der Waals surface area contributed by atoms with Crippen molar-refractivity contribution >= 4 is 17.6 Å². The van der Waals surface area contributed by atoms with E-state index >= 15 is 0 Å². The van der Waals surface area contributed by atoms with E-state index in [-0.39, 0.29) is 24.7 Å². The summed E-state index contributed by atoms with van der Waals surface area (Å²) in [6, 6.07) is 5.56. The minimum atomic E-state index is -0.217. The first-order valence-corrected chi connectivity index (χ1v) is 7.66. The molecule has 0 aliphatic rings. The molecule has 2 aromatic rings. The summed E-state index contributed by atoms with van der Waals surface area (Å²) in [5.74, 6) is 0.161. The van der Waals surface area contributed by atoms with Crippen LogP contribution in [0.25, 0.3) is 0 Å². The van der Waals surface area contributed by atoms with Gasteiger partial charge >= 0.3 is 0 Å².